The lowest BCUT2D eigenvalue weighted by Gasteiger charge is -2.27. The maximum Gasteiger partial charge on any atom is 0.312 e. The molecule has 2 unspecified atom stereocenters. The van der Waals surface area contributed by atoms with Crippen molar-refractivity contribution in [3.63, 3.8) is 0 Å². The zero-order chi connectivity index (χ0) is 21.1. The van der Waals surface area contributed by atoms with Gasteiger partial charge in [0.15, 0.2) is 11.5 Å². The Hall–Kier alpha value is -2.44. The Balaban J connectivity index is 3.07. The van der Waals surface area contributed by atoms with Crippen molar-refractivity contribution in [2.24, 2.45) is 11.7 Å². The first-order valence-corrected chi connectivity index (χ1v) is 10.1. The molecule has 1 aromatic carbocycles. The SMILES string of the molecule is CCCCC(NC(N)=O)C(=O)NC(c1ccc(OCC)c(OCC)c1)C(C)C. The predicted molar refractivity (Wildman–Crippen MR) is 111 cm³/mol. The number of unbranched alkanes of at least 4 members (excludes halogenated alkanes) is 1. The first kappa shape index (κ1) is 23.6. The maximum atomic E-state index is 12.8. The summed E-state index contributed by atoms with van der Waals surface area (Å²) in [5, 5.41) is 5.61. The standard InChI is InChI=1S/C21H35N3O4/c1-6-9-10-16(23-21(22)26)20(25)24-19(14(4)5)15-11-12-17(27-7-2)18(13-15)28-8-3/h11-14,16,19H,6-10H2,1-5H3,(H,24,25)(H3,22,23,26). The molecule has 0 heterocycles. The average molecular weight is 394 g/mol. The van der Waals surface area contributed by atoms with Crippen molar-refractivity contribution in [3.8, 4) is 11.5 Å². The highest BCUT2D eigenvalue weighted by Gasteiger charge is 2.25. The smallest absolute Gasteiger partial charge is 0.312 e. The van der Waals surface area contributed by atoms with E-state index in [0.717, 1.165) is 18.4 Å². The van der Waals surface area contributed by atoms with Gasteiger partial charge in [0.2, 0.25) is 5.91 Å². The molecule has 28 heavy (non-hydrogen) atoms. The van der Waals surface area contributed by atoms with Crippen LogP contribution in [-0.4, -0.2) is 31.2 Å². The lowest BCUT2D eigenvalue weighted by molar-refractivity contribution is -0.124. The highest BCUT2D eigenvalue weighted by molar-refractivity contribution is 5.86. The zero-order valence-corrected chi connectivity index (χ0v) is 17.7. The van der Waals surface area contributed by atoms with Gasteiger partial charge < -0.3 is 25.8 Å². The molecule has 0 aliphatic rings. The van der Waals surface area contributed by atoms with E-state index in [0.29, 0.717) is 31.1 Å². The minimum absolute atomic E-state index is 0.136. The number of amides is 3. The molecule has 1 aromatic rings. The van der Waals surface area contributed by atoms with Crippen molar-refractivity contribution in [2.75, 3.05) is 13.2 Å². The van der Waals surface area contributed by atoms with E-state index in [9.17, 15) is 9.59 Å². The summed E-state index contributed by atoms with van der Waals surface area (Å²) >= 11 is 0. The van der Waals surface area contributed by atoms with Crippen LogP contribution in [0.15, 0.2) is 18.2 Å². The Morgan fingerprint density at radius 2 is 1.68 bits per heavy atom. The van der Waals surface area contributed by atoms with E-state index in [2.05, 4.69) is 10.6 Å². The van der Waals surface area contributed by atoms with Crippen molar-refractivity contribution in [3.05, 3.63) is 23.8 Å². The second kappa shape index (κ2) is 12.1. The molecule has 1 rings (SSSR count). The van der Waals surface area contributed by atoms with Crippen LogP contribution in [0.4, 0.5) is 4.79 Å². The number of benzene rings is 1. The Bertz CT molecular complexity index is 634. The van der Waals surface area contributed by atoms with Crippen LogP contribution in [0.25, 0.3) is 0 Å². The van der Waals surface area contributed by atoms with Crippen LogP contribution in [-0.2, 0) is 4.79 Å². The molecule has 0 spiro atoms. The molecule has 0 radical (unpaired) electrons. The van der Waals surface area contributed by atoms with E-state index in [4.69, 9.17) is 15.2 Å². The summed E-state index contributed by atoms with van der Waals surface area (Å²) in [5.74, 6) is 1.23. The molecule has 7 nitrogen and oxygen atoms in total. The van der Waals surface area contributed by atoms with Gasteiger partial charge in [0.05, 0.1) is 19.3 Å². The van der Waals surface area contributed by atoms with Gasteiger partial charge in [-0.1, -0.05) is 39.7 Å². The number of hydrogen-bond donors (Lipinski definition) is 3. The van der Waals surface area contributed by atoms with E-state index in [1.807, 2.05) is 52.8 Å². The van der Waals surface area contributed by atoms with Crippen LogP contribution in [0.3, 0.4) is 0 Å². The van der Waals surface area contributed by atoms with Crippen LogP contribution < -0.4 is 25.8 Å². The normalized spacial score (nSPS) is 12.9. The van der Waals surface area contributed by atoms with Crippen molar-refractivity contribution in [2.45, 2.75) is 66.0 Å². The largest absolute Gasteiger partial charge is 0.490 e. The van der Waals surface area contributed by atoms with Crippen LogP contribution in [0, 0.1) is 5.92 Å². The Morgan fingerprint density at radius 3 is 2.21 bits per heavy atom. The number of ether oxygens (including phenoxy) is 2. The Morgan fingerprint density at radius 1 is 1.04 bits per heavy atom. The topological polar surface area (TPSA) is 103 Å². The number of rotatable bonds is 12. The van der Waals surface area contributed by atoms with E-state index >= 15 is 0 Å². The van der Waals surface area contributed by atoms with Gasteiger partial charge in [-0.2, -0.15) is 0 Å². The summed E-state index contributed by atoms with van der Waals surface area (Å²) < 4.78 is 11.3. The number of nitrogens with two attached hydrogens (primary N) is 1. The second-order valence-electron chi connectivity index (χ2n) is 7.01. The predicted octanol–water partition coefficient (Wildman–Crippen LogP) is 3.52. The van der Waals surface area contributed by atoms with Gasteiger partial charge >= 0.3 is 6.03 Å². The fourth-order valence-electron chi connectivity index (χ4n) is 3.00. The third-order valence-electron chi connectivity index (χ3n) is 4.37. The van der Waals surface area contributed by atoms with Gasteiger partial charge in [-0.25, -0.2) is 4.79 Å². The number of nitrogens with one attached hydrogen (secondary N) is 2. The molecule has 0 saturated carbocycles. The minimum atomic E-state index is -0.697. The van der Waals surface area contributed by atoms with E-state index in [1.54, 1.807) is 0 Å². The number of carbonyl (C=O) groups excluding carboxylic acids is 2. The molecule has 0 fully saturated rings. The van der Waals surface area contributed by atoms with E-state index in [1.165, 1.54) is 0 Å². The number of carbonyl (C=O) groups is 2. The number of urea groups is 1. The molecule has 0 saturated heterocycles. The first-order valence-electron chi connectivity index (χ1n) is 10.1. The fourth-order valence-corrected chi connectivity index (χ4v) is 3.00. The highest BCUT2D eigenvalue weighted by atomic mass is 16.5. The molecule has 0 aromatic heterocycles. The first-order chi connectivity index (χ1) is 13.3. The monoisotopic (exact) mass is 393 g/mol. The zero-order valence-electron chi connectivity index (χ0n) is 17.7. The van der Waals surface area contributed by atoms with Crippen molar-refractivity contribution in [1.29, 1.82) is 0 Å². The molecular weight excluding hydrogens is 358 g/mol. The molecule has 3 amide bonds. The Labute approximate surface area is 168 Å². The number of hydrogen-bond acceptors (Lipinski definition) is 4. The summed E-state index contributed by atoms with van der Waals surface area (Å²) in [7, 11) is 0. The van der Waals surface area contributed by atoms with Crippen LogP contribution in [0.5, 0.6) is 11.5 Å². The van der Waals surface area contributed by atoms with Crippen molar-refractivity contribution < 1.29 is 19.1 Å². The summed E-state index contributed by atoms with van der Waals surface area (Å²) in [6, 6.07) is 4.12. The van der Waals surface area contributed by atoms with Crippen LogP contribution in [0.1, 0.15) is 65.5 Å². The molecule has 0 aliphatic heterocycles. The van der Waals surface area contributed by atoms with Gasteiger partial charge in [0.1, 0.15) is 6.04 Å². The maximum absolute atomic E-state index is 12.8. The lowest BCUT2D eigenvalue weighted by Crippen LogP contribution is -2.49. The molecule has 158 valence electrons. The molecule has 0 bridgehead atoms. The summed E-state index contributed by atoms with van der Waals surface area (Å²) in [6.45, 7) is 11.0. The summed E-state index contributed by atoms with van der Waals surface area (Å²) in [4.78, 5) is 24.1. The van der Waals surface area contributed by atoms with Crippen molar-refractivity contribution in [1.82, 2.24) is 10.6 Å². The lowest BCUT2D eigenvalue weighted by atomic mass is 9.95. The highest BCUT2D eigenvalue weighted by Crippen LogP contribution is 2.33. The van der Waals surface area contributed by atoms with E-state index in [-0.39, 0.29) is 17.9 Å². The average Bonchev–Trinajstić information content (AvgIpc) is 2.64. The van der Waals surface area contributed by atoms with Gasteiger partial charge in [-0.3, -0.25) is 4.79 Å². The van der Waals surface area contributed by atoms with E-state index < -0.39 is 12.1 Å². The van der Waals surface area contributed by atoms with Crippen LogP contribution >= 0.6 is 0 Å². The quantitative estimate of drug-likeness (QED) is 0.505. The molecule has 0 aliphatic carbocycles. The minimum Gasteiger partial charge on any atom is -0.490 e. The van der Waals surface area contributed by atoms with Crippen molar-refractivity contribution >= 4 is 11.9 Å². The Kier molecular flexibility index (Phi) is 10.2. The van der Waals surface area contributed by atoms with Gasteiger partial charge in [0.25, 0.3) is 0 Å². The van der Waals surface area contributed by atoms with Gasteiger partial charge in [-0.05, 0) is 43.9 Å². The van der Waals surface area contributed by atoms with Gasteiger partial charge in [0, 0.05) is 0 Å². The number of primary amides is 1. The molecule has 7 heteroatoms. The second-order valence-corrected chi connectivity index (χ2v) is 7.01. The molecule has 4 N–H and O–H groups in total. The summed E-state index contributed by atoms with van der Waals surface area (Å²) in [6.07, 6.45) is 2.29. The van der Waals surface area contributed by atoms with Gasteiger partial charge in [-0.15, -0.1) is 0 Å². The van der Waals surface area contributed by atoms with Crippen LogP contribution in [0.2, 0.25) is 0 Å². The fraction of sp³-hybridized carbons (Fsp3) is 0.619. The summed E-state index contributed by atoms with van der Waals surface area (Å²) in [5.41, 5.74) is 6.16. The molecular formula is C21H35N3O4. The molecule has 2 atom stereocenters. The third-order valence-corrected chi connectivity index (χ3v) is 4.37. The third kappa shape index (κ3) is 7.29.